The zero-order valence-corrected chi connectivity index (χ0v) is 10.6. The van der Waals surface area contributed by atoms with Crippen LogP contribution in [0.4, 0.5) is 0 Å². The van der Waals surface area contributed by atoms with Crippen LogP contribution in [0, 0.1) is 0 Å². The molecule has 0 aliphatic carbocycles. The van der Waals surface area contributed by atoms with Crippen molar-refractivity contribution in [2.45, 2.75) is 32.3 Å². The Labute approximate surface area is 98.2 Å². The predicted molar refractivity (Wildman–Crippen MR) is 63.9 cm³/mol. The van der Waals surface area contributed by atoms with E-state index in [0.717, 1.165) is 16.5 Å². The van der Waals surface area contributed by atoms with Crippen molar-refractivity contribution in [1.29, 1.82) is 0 Å². The molecule has 1 aromatic rings. The monoisotopic (exact) mass is 276 g/mol. The van der Waals surface area contributed by atoms with E-state index in [4.69, 9.17) is 11.6 Å². The van der Waals surface area contributed by atoms with Gasteiger partial charge in [-0.1, -0.05) is 47.4 Å². The molecule has 1 rings (SSSR count). The van der Waals surface area contributed by atoms with E-state index >= 15 is 0 Å². The van der Waals surface area contributed by atoms with Gasteiger partial charge in [-0.05, 0) is 24.1 Å². The van der Waals surface area contributed by atoms with Crippen molar-refractivity contribution in [1.82, 2.24) is 0 Å². The van der Waals surface area contributed by atoms with Gasteiger partial charge in [-0.2, -0.15) is 0 Å². The average Bonchev–Trinajstić information content (AvgIpc) is 2.15. The highest BCUT2D eigenvalue weighted by molar-refractivity contribution is 9.10. The van der Waals surface area contributed by atoms with Crippen LogP contribution in [0.1, 0.15) is 31.7 Å². The van der Waals surface area contributed by atoms with Crippen LogP contribution in [0.15, 0.2) is 22.7 Å². The summed E-state index contributed by atoms with van der Waals surface area (Å²) < 4.78 is 0.962. The predicted octanol–water partition coefficient (Wildman–Crippen LogP) is 3.98. The highest BCUT2D eigenvalue weighted by Gasteiger charge is 2.16. The lowest BCUT2D eigenvalue weighted by molar-refractivity contribution is 0.145. The van der Waals surface area contributed by atoms with Crippen LogP contribution in [-0.4, -0.2) is 11.2 Å². The number of rotatable bonds is 3. The Balaban J connectivity index is 2.95. The summed E-state index contributed by atoms with van der Waals surface area (Å²) in [5, 5.41) is 10.4. The van der Waals surface area contributed by atoms with E-state index in [1.165, 1.54) is 0 Å². The summed E-state index contributed by atoms with van der Waals surface area (Å²) in [7, 11) is 0. The standard InChI is InChI=1S/C11H14BrClO/c1-3-11(14)7(2)9-5-4-8(12)6-10(9)13/h4-7,11,14H,3H2,1-2H3. The highest BCUT2D eigenvalue weighted by Crippen LogP contribution is 2.30. The van der Waals surface area contributed by atoms with Gasteiger partial charge in [0.1, 0.15) is 0 Å². The summed E-state index contributed by atoms with van der Waals surface area (Å²) in [5.41, 5.74) is 1.00. The normalized spacial score (nSPS) is 15.2. The fourth-order valence-corrected chi connectivity index (χ4v) is 2.28. The van der Waals surface area contributed by atoms with Gasteiger partial charge in [0.15, 0.2) is 0 Å². The van der Waals surface area contributed by atoms with Gasteiger partial charge >= 0.3 is 0 Å². The first-order valence-corrected chi connectivity index (χ1v) is 5.86. The third kappa shape index (κ3) is 2.72. The largest absolute Gasteiger partial charge is 0.393 e. The van der Waals surface area contributed by atoms with Gasteiger partial charge in [0.25, 0.3) is 0 Å². The van der Waals surface area contributed by atoms with E-state index in [9.17, 15) is 5.11 Å². The Morgan fingerprint density at radius 3 is 2.64 bits per heavy atom. The topological polar surface area (TPSA) is 20.2 Å². The lowest BCUT2D eigenvalue weighted by atomic mass is 9.94. The third-order valence-electron chi connectivity index (χ3n) is 2.45. The van der Waals surface area contributed by atoms with Crippen LogP contribution in [0.25, 0.3) is 0 Å². The molecular weight excluding hydrogens is 263 g/mol. The second kappa shape index (κ2) is 5.15. The zero-order chi connectivity index (χ0) is 10.7. The van der Waals surface area contributed by atoms with Gasteiger partial charge in [-0.3, -0.25) is 0 Å². The van der Waals surface area contributed by atoms with Crippen molar-refractivity contribution >= 4 is 27.5 Å². The van der Waals surface area contributed by atoms with Crippen LogP contribution in [0.3, 0.4) is 0 Å². The van der Waals surface area contributed by atoms with Gasteiger partial charge in [0, 0.05) is 15.4 Å². The molecule has 0 saturated carbocycles. The Morgan fingerprint density at radius 1 is 1.50 bits per heavy atom. The minimum atomic E-state index is -0.325. The van der Waals surface area contributed by atoms with Crippen LogP contribution < -0.4 is 0 Å². The van der Waals surface area contributed by atoms with E-state index < -0.39 is 0 Å². The first kappa shape index (κ1) is 12.0. The molecule has 2 atom stereocenters. The molecule has 0 radical (unpaired) electrons. The molecular formula is C11H14BrClO. The first-order valence-electron chi connectivity index (χ1n) is 4.69. The van der Waals surface area contributed by atoms with E-state index in [0.29, 0.717) is 5.02 Å². The van der Waals surface area contributed by atoms with Crippen molar-refractivity contribution in [3.63, 3.8) is 0 Å². The molecule has 78 valence electrons. The molecule has 0 heterocycles. The molecule has 0 fully saturated rings. The SMILES string of the molecule is CCC(O)C(C)c1ccc(Br)cc1Cl. The molecule has 1 aromatic carbocycles. The van der Waals surface area contributed by atoms with Crippen LogP contribution in [0.5, 0.6) is 0 Å². The van der Waals surface area contributed by atoms with Crippen LogP contribution in [0.2, 0.25) is 5.02 Å². The summed E-state index contributed by atoms with van der Waals surface area (Å²) in [5.74, 6) is 0.0839. The summed E-state index contributed by atoms with van der Waals surface area (Å²) in [4.78, 5) is 0. The number of hydrogen-bond acceptors (Lipinski definition) is 1. The Bertz CT molecular complexity index is 314. The number of aliphatic hydroxyl groups excluding tert-OH is 1. The minimum Gasteiger partial charge on any atom is -0.393 e. The molecule has 1 nitrogen and oxygen atoms in total. The molecule has 2 unspecified atom stereocenters. The maximum absolute atomic E-state index is 9.70. The van der Waals surface area contributed by atoms with Crippen molar-refractivity contribution < 1.29 is 5.11 Å². The summed E-state index contributed by atoms with van der Waals surface area (Å²) in [6.07, 6.45) is 0.418. The lowest BCUT2D eigenvalue weighted by Gasteiger charge is -2.18. The zero-order valence-electron chi connectivity index (χ0n) is 8.30. The maximum atomic E-state index is 9.70. The molecule has 3 heteroatoms. The molecule has 0 aliphatic heterocycles. The van der Waals surface area contributed by atoms with Crippen LogP contribution in [-0.2, 0) is 0 Å². The van der Waals surface area contributed by atoms with E-state index in [1.54, 1.807) is 0 Å². The molecule has 0 aliphatic rings. The third-order valence-corrected chi connectivity index (χ3v) is 3.27. The first-order chi connectivity index (χ1) is 6.56. The average molecular weight is 278 g/mol. The lowest BCUT2D eigenvalue weighted by Crippen LogP contribution is -2.14. The Morgan fingerprint density at radius 2 is 2.14 bits per heavy atom. The number of hydrogen-bond donors (Lipinski definition) is 1. The van der Waals surface area contributed by atoms with E-state index in [2.05, 4.69) is 15.9 Å². The molecule has 0 amide bonds. The fraction of sp³-hybridized carbons (Fsp3) is 0.455. The highest BCUT2D eigenvalue weighted by atomic mass is 79.9. The molecule has 0 saturated heterocycles. The summed E-state index contributed by atoms with van der Waals surface area (Å²) in [6.45, 7) is 3.96. The van der Waals surface area contributed by atoms with Gasteiger partial charge < -0.3 is 5.11 Å². The van der Waals surface area contributed by atoms with E-state index in [-0.39, 0.29) is 12.0 Å². The van der Waals surface area contributed by atoms with Crippen molar-refractivity contribution in [3.8, 4) is 0 Å². The van der Waals surface area contributed by atoms with Gasteiger partial charge in [-0.15, -0.1) is 0 Å². The van der Waals surface area contributed by atoms with E-state index in [1.807, 2.05) is 32.0 Å². The van der Waals surface area contributed by atoms with Crippen molar-refractivity contribution in [3.05, 3.63) is 33.3 Å². The number of aliphatic hydroxyl groups is 1. The summed E-state index contributed by atoms with van der Waals surface area (Å²) >= 11 is 9.44. The molecule has 1 N–H and O–H groups in total. The van der Waals surface area contributed by atoms with Gasteiger partial charge in [-0.25, -0.2) is 0 Å². The second-order valence-electron chi connectivity index (χ2n) is 3.43. The molecule has 0 bridgehead atoms. The van der Waals surface area contributed by atoms with Crippen molar-refractivity contribution in [2.75, 3.05) is 0 Å². The Kier molecular flexibility index (Phi) is 4.42. The quantitative estimate of drug-likeness (QED) is 0.886. The molecule has 0 spiro atoms. The number of benzene rings is 1. The molecule has 14 heavy (non-hydrogen) atoms. The minimum absolute atomic E-state index is 0.0839. The van der Waals surface area contributed by atoms with Crippen molar-refractivity contribution in [2.24, 2.45) is 0 Å². The maximum Gasteiger partial charge on any atom is 0.0604 e. The second-order valence-corrected chi connectivity index (χ2v) is 4.75. The fourth-order valence-electron chi connectivity index (χ4n) is 1.43. The number of halogens is 2. The van der Waals surface area contributed by atoms with Crippen LogP contribution >= 0.6 is 27.5 Å². The smallest absolute Gasteiger partial charge is 0.0604 e. The molecule has 0 aromatic heterocycles. The van der Waals surface area contributed by atoms with Gasteiger partial charge in [0.2, 0.25) is 0 Å². The Hall–Kier alpha value is -0.0500. The van der Waals surface area contributed by atoms with Gasteiger partial charge in [0.05, 0.1) is 6.10 Å². The summed E-state index contributed by atoms with van der Waals surface area (Å²) in [6, 6.07) is 5.76.